The second-order valence-electron chi connectivity index (χ2n) is 19.5. The van der Waals surface area contributed by atoms with Gasteiger partial charge in [-0.1, -0.05) is 239 Å². The largest absolute Gasteiger partial charge is 0.462 e. The smallest absolute Gasteiger partial charge is 0.306 e. The number of carbonyl (C=O) groups is 3. The molecule has 73 heavy (non-hydrogen) atoms. The van der Waals surface area contributed by atoms with Crippen LogP contribution in [0.15, 0.2) is 122 Å². The minimum atomic E-state index is -0.813. The summed E-state index contributed by atoms with van der Waals surface area (Å²) in [7, 11) is 0. The summed E-state index contributed by atoms with van der Waals surface area (Å²) in [6, 6.07) is 0. The first-order valence-electron chi connectivity index (χ1n) is 30.0. The molecule has 0 saturated carbocycles. The molecule has 0 saturated heterocycles. The summed E-state index contributed by atoms with van der Waals surface area (Å²) in [4.78, 5) is 38.2. The van der Waals surface area contributed by atoms with E-state index in [1.165, 1.54) is 103 Å². The van der Waals surface area contributed by atoms with Gasteiger partial charge in [0.05, 0.1) is 0 Å². The Kier molecular flexibility index (Phi) is 56.9. The maximum Gasteiger partial charge on any atom is 0.306 e. The Labute approximate surface area is 450 Å². The van der Waals surface area contributed by atoms with Crippen LogP contribution in [0.5, 0.6) is 0 Å². The van der Waals surface area contributed by atoms with Crippen LogP contribution < -0.4 is 0 Å². The average molecular weight is 1010 g/mol. The molecule has 0 radical (unpaired) electrons. The molecule has 0 aromatic heterocycles. The summed E-state index contributed by atoms with van der Waals surface area (Å²) in [6.07, 6.45) is 83.4. The number of rotatable bonds is 53. The lowest BCUT2D eigenvalue weighted by Crippen LogP contribution is -2.30. The van der Waals surface area contributed by atoms with Gasteiger partial charge in [-0.15, -0.1) is 0 Å². The Bertz CT molecular complexity index is 1540. The zero-order chi connectivity index (χ0) is 52.9. The van der Waals surface area contributed by atoms with E-state index in [4.69, 9.17) is 14.2 Å². The highest BCUT2D eigenvalue weighted by atomic mass is 16.6. The molecule has 0 fully saturated rings. The summed E-state index contributed by atoms with van der Waals surface area (Å²) in [5.41, 5.74) is 0. The predicted molar refractivity (Wildman–Crippen MR) is 316 cm³/mol. The van der Waals surface area contributed by atoms with E-state index in [1.54, 1.807) is 0 Å². The molecule has 0 rings (SSSR count). The molecule has 414 valence electrons. The zero-order valence-electron chi connectivity index (χ0n) is 47.4. The summed E-state index contributed by atoms with van der Waals surface area (Å²) >= 11 is 0. The number of esters is 3. The van der Waals surface area contributed by atoms with E-state index < -0.39 is 6.10 Å². The molecule has 0 aromatic carbocycles. The van der Waals surface area contributed by atoms with Gasteiger partial charge in [-0.3, -0.25) is 14.4 Å². The van der Waals surface area contributed by atoms with Crippen molar-refractivity contribution in [3.63, 3.8) is 0 Å². The van der Waals surface area contributed by atoms with Crippen molar-refractivity contribution < 1.29 is 28.6 Å². The average Bonchev–Trinajstić information content (AvgIpc) is 3.39. The Morgan fingerprint density at radius 3 is 0.890 bits per heavy atom. The van der Waals surface area contributed by atoms with Crippen LogP contribution in [0.2, 0.25) is 0 Å². The standard InChI is InChI=1S/C67H110O6/c1-4-7-10-13-16-19-22-25-27-29-31-33-35-37-39-42-45-48-51-54-57-60-66(69)72-63-64(62-71-65(68)59-56-53-50-47-44-41-24-21-18-15-12-9-6-3)73-67(70)61-58-55-52-49-46-43-40-38-36-34-32-30-28-26-23-20-17-14-11-8-5-2/h7,9-10,12,16,18-19,21,25,27,30-33,37,39,41,44-45,48,64H,4-6,8,11,13-15,17,20,22-24,26,28-29,34-36,38,40,42-43,46-47,49-63H2,1-3H3/b10-7-,12-9-,19-16-,21-18-,27-25-,32-30-,33-31-,39-37-,44-41-,48-45-. The minimum absolute atomic E-state index is 0.110. The molecular formula is C67H110O6. The molecule has 0 amide bonds. The molecule has 0 aromatic rings. The van der Waals surface area contributed by atoms with Crippen LogP contribution in [-0.4, -0.2) is 37.2 Å². The molecule has 0 aliphatic rings. The molecule has 6 heteroatoms. The van der Waals surface area contributed by atoms with Crippen LogP contribution in [0.3, 0.4) is 0 Å². The van der Waals surface area contributed by atoms with Crippen molar-refractivity contribution in [2.75, 3.05) is 13.2 Å². The lowest BCUT2D eigenvalue weighted by Gasteiger charge is -2.18. The van der Waals surface area contributed by atoms with Gasteiger partial charge in [0.25, 0.3) is 0 Å². The van der Waals surface area contributed by atoms with Crippen LogP contribution in [0.25, 0.3) is 0 Å². The van der Waals surface area contributed by atoms with Crippen molar-refractivity contribution in [3.05, 3.63) is 122 Å². The quantitative estimate of drug-likeness (QED) is 0.0261. The Hall–Kier alpha value is -4.19. The molecule has 0 aliphatic heterocycles. The van der Waals surface area contributed by atoms with Gasteiger partial charge < -0.3 is 14.2 Å². The lowest BCUT2D eigenvalue weighted by atomic mass is 10.1. The van der Waals surface area contributed by atoms with Gasteiger partial charge in [0.1, 0.15) is 13.2 Å². The summed E-state index contributed by atoms with van der Waals surface area (Å²) in [5.74, 6) is -0.983. The monoisotopic (exact) mass is 1010 g/mol. The lowest BCUT2D eigenvalue weighted by molar-refractivity contribution is -0.167. The molecule has 6 nitrogen and oxygen atoms in total. The van der Waals surface area contributed by atoms with E-state index in [-0.39, 0.29) is 31.1 Å². The SMILES string of the molecule is CC/C=C\C/C=C\C/C=C\C/C=C\C/C=C\C/C=C\CCCCC(=O)OCC(COC(=O)CCCCC/C=C\C/C=C\C/C=C\CC)OC(=O)CCCCCCCCCCC/C=C\CCCCCCCCCC. The number of allylic oxidation sites excluding steroid dienone is 20. The highest BCUT2D eigenvalue weighted by molar-refractivity contribution is 5.71. The first-order chi connectivity index (χ1) is 36.0. The number of carbonyl (C=O) groups excluding carboxylic acids is 3. The van der Waals surface area contributed by atoms with E-state index in [1.807, 2.05) is 0 Å². The van der Waals surface area contributed by atoms with Crippen LogP contribution >= 0.6 is 0 Å². The summed E-state index contributed by atoms with van der Waals surface area (Å²) in [5, 5.41) is 0. The second kappa shape index (κ2) is 60.4. The van der Waals surface area contributed by atoms with E-state index in [2.05, 4.69) is 142 Å². The van der Waals surface area contributed by atoms with Crippen LogP contribution in [0, 0.1) is 0 Å². The van der Waals surface area contributed by atoms with Crippen LogP contribution in [-0.2, 0) is 28.6 Å². The third kappa shape index (κ3) is 58.6. The van der Waals surface area contributed by atoms with E-state index in [9.17, 15) is 14.4 Å². The molecule has 0 heterocycles. The van der Waals surface area contributed by atoms with Crippen molar-refractivity contribution in [2.45, 2.75) is 271 Å². The molecule has 1 atom stereocenters. The van der Waals surface area contributed by atoms with Crippen molar-refractivity contribution in [1.82, 2.24) is 0 Å². The highest BCUT2D eigenvalue weighted by Crippen LogP contribution is 2.15. The Morgan fingerprint density at radius 2 is 0.534 bits per heavy atom. The Morgan fingerprint density at radius 1 is 0.288 bits per heavy atom. The number of hydrogen-bond acceptors (Lipinski definition) is 6. The van der Waals surface area contributed by atoms with Gasteiger partial charge in [-0.25, -0.2) is 0 Å². The van der Waals surface area contributed by atoms with Gasteiger partial charge in [-0.05, 0) is 128 Å². The van der Waals surface area contributed by atoms with E-state index in [0.717, 1.165) is 116 Å². The zero-order valence-corrected chi connectivity index (χ0v) is 47.4. The van der Waals surface area contributed by atoms with Gasteiger partial charge in [-0.2, -0.15) is 0 Å². The normalized spacial score (nSPS) is 13.0. The van der Waals surface area contributed by atoms with Crippen LogP contribution in [0.1, 0.15) is 265 Å². The third-order valence-electron chi connectivity index (χ3n) is 12.4. The van der Waals surface area contributed by atoms with Gasteiger partial charge >= 0.3 is 17.9 Å². The second-order valence-corrected chi connectivity index (χ2v) is 19.5. The molecule has 1 unspecified atom stereocenters. The maximum atomic E-state index is 12.9. The molecular weight excluding hydrogens is 901 g/mol. The first kappa shape index (κ1) is 68.8. The number of ether oxygens (including phenoxy) is 3. The van der Waals surface area contributed by atoms with Gasteiger partial charge in [0.2, 0.25) is 0 Å². The Balaban J connectivity index is 4.47. The fraction of sp³-hybridized carbons (Fsp3) is 0.657. The van der Waals surface area contributed by atoms with Gasteiger partial charge in [0.15, 0.2) is 6.10 Å². The molecule has 0 aliphatic carbocycles. The number of unbranched alkanes of at least 4 members (excludes halogenated alkanes) is 22. The fourth-order valence-electron chi connectivity index (χ4n) is 7.98. The van der Waals surface area contributed by atoms with Gasteiger partial charge in [0, 0.05) is 19.3 Å². The van der Waals surface area contributed by atoms with Crippen LogP contribution in [0.4, 0.5) is 0 Å². The van der Waals surface area contributed by atoms with Crippen molar-refractivity contribution in [1.29, 1.82) is 0 Å². The number of hydrogen-bond donors (Lipinski definition) is 0. The van der Waals surface area contributed by atoms with Crippen molar-refractivity contribution in [2.24, 2.45) is 0 Å². The van der Waals surface area contributed by atoms with Crippen molar-refractivity contribution >= 4 is 17.9 Å². The highest BCUT2D eigenvalue weighted by Gasteiger charge is 2.19. The summed E-state index contributed by atoms with van der Waals surface area (Å²) in [6.45, 7) is 6.35. The van der Waals surface area contributed by atoms with E-state index in [0.29, 0.717) is 25.7 Å². The maximum absolute atomic E-state index is 12.9. The molecule has 0 spiro atoms. The van der Waals surface area contributed by atoms with E-state index >= 15 is 0 Å². The summed E-state index contributed by atoms with van der Waals surface area (Å²) < 4.78 is 16.8. The fourth-order valence-corrected chi connectivity index (χ4v) is 7.98. The van der Waals surface area contributed by atoms with Crippen molar-refractivity contribution in [3.8, 4) is 0 Å². The predicted octanol–water partition coefficient (Wildman–Crippen LogP) is 20.4. The minimum Gasteiger partial charge on any atom is -0.462 e. The third-order valence-corrected chi connectivity index (χ3v) is 12.4. The topological polar surface area (TPSA) is 78.9 Å². The molecule has 0 bridgehead atoms. The first-order valence-corrected chi connectivity index (χ1v) is 30.0. The molecule has 0 N–H and O–H groups in total.